The topological polar surface area (TPSA) is 85.3 Å². The van der Waals surface area contributed by atoms with Crippen molar-refractivity contribution in [2.45, 2.75) is 13.3 Å². The third kappa shape index (κ3) is 2.51. The Morgan fingerprint density at radius 2 is 2.35 bits per heavy atom. The first-order valence-corrected chi connectivity index (χ1v) is 6.23. The molecule has 0 unspecified atom stereocenters. The lowest BCUT2D eigenvalue weighted by Gasteiger charge is -2.00. The molecule has 0 spiro atoms. The summed E-state index contributed by atoms with van der Waals surface area (Å²) in [5.74, 6) is 1.89. The molecule has 0 aliphatic carbocycles. The fourth-order valence-electron chi connectivity index (χ4n) is 1.83. The lowest BCUT2D eigenvalue weighted by Crippen LogP contribution is -2.26. The van der Waals surface area contributed by atoms with E-state index in [0.717, 1.165) is 11.5 Å². The van der Waals surface area contributed by atoms with E-state index in [1.807, 2.05) is 19.1 Å². The third-order valence-corrected chi connectivity index (χ3v) is 2.77. The lowest BCUT2D eigenvalue weighted by molar-refractivity contribution is 0.0943. The number of nitrogens with zero attached hydrogens (tertiary/aromatic N) is 4. The maximum absolute atomic E-state index is 11.9. The number of amides is 1. The Hall–Kier alpha value is -2.70. The van der Waals surface area contributed by atoms with Gasteiger partial charge in [-0.25, -0.2) is 9.50 Å². The number of carbonyl (C=O) groups excluding carboxylic acids is 1. The average molecular weight is 271 g/mol. The van der Waals surface area contributed by atoms with Gasteiger partial charge in [0.2, 0.25) is 5.82 Å². The van der Waals surface area contributed by atoms with Crippen LogP contribution >= 0.6 is 0 Å². The van der Waals surface area contributed by atoms with Gasteiger partial charge in [0, 0.05) is 25.4 Å². The standard InChI is InChI=1S/C13H13N5O2/c1-9-3-4-10(20-9)5-7-14-12(19)11-16-13-15-6-2-8-18(13)17-11/h2-4,6,8H,5,7H2,1H3,(H,14,19). The first kappa shape index (κ1) is 12.3. The van der Waals surface area contributed by atoms with Crippen molar-refractivity contribution in [3.05, 3.63) is 47.9 Å². The lowest BCUT2D eigenvalue weighted by atomic mass is 10.3. The zero-order valence-electron chi connectivity index (χ0n) is 10.9. The van der Waals surface area contributed by atoms with Gasteiger partial charge < -0.3 is 9.73 Å². The number of fused-ring (bicyclic) bond motifs is 1. The number of rotatable bonds is 4. The number of furan rings is 1. The van der Waals surface area contributed by atoms with Crippen molar-refractivity contribution in [1.82, 2.24) is 24.9 Å². The SMILES string of the molecule is Cc1ccc(CCNC(=O)c2nc3ncccn3n2)o1. The van der Waals surface area contributed by atoms with Crippen LogP contribution in [0.4, 0.5) is 0 Å². The number of hydrogen-bond acceptors (Lipinski definition) is 5. The molecule has 0 saturated carbocycles. The van der Waals surface area contributed by atoms with Gasteiger partial charge in [-0.15, -0.1) is 5.10 Å². The van der Waals surface area contributed by atoms with Crippen molar-refractivity contribution >= 4 is 11.7 Å². The van der Waals surface area contributed by atoms with E-state index < -0.39 is 0 Å². The number of carbonyl (C=O) groups is 1. The maximum atomic E-state index is 11.9. The highest BCUT2D eigenvalue weighted by Gasteiger charge is 2.12. The summed E-state index contributed by atoms with van der Waals surface area (Å²) in [6.45, 7) is 2.35. The zero-order chi connectivity index (χ0) is 13.9. The largest absolute Gasteiger partial charge is 0.466 e. The van der Waals surface area contributed by atoms with Gasteiger partial charge in [0.15, 0.2) is 0 Å². The third-order valence-electron chi connectivity index (χ3n) is 2.77. The molecule has 7 nitrogen and oxygen atoms in total. The molecule has 20 heavy (non-hydrogen) atoms. The van der Waals surface area contributed by atoms with Crippen LogP contribution in [0.25, 0.3) is 5.78 Å². The minimum Gasteiger partial charge on any atom is -0.466 e. The van der Waals surface area contributed by atoms with Crippen molar-refractivity contribution in [3.63, 3.8) is 0 Å². The number of aryl methyl sites for hydroxylation is 1. The van der Waals surface area contributed by atoms with Gasteiger partial charge in [-0.3, -0.25) is 4.79 Å². The monoisotopic (exact) mass is 271 g/mol. The van der Waals surface area contributed by atoms with Gasteiger partial charge in [0.05, 0.1) is 0 Å². The van der Waals surface area contributed by atoms with Crippen LogP contribution in [0.15, 0.2) is 35.0 Å². The molecular weight excluding hydrogens is 258 g/mol. The Bertz CT molecular complexity index is 713. The predicted molar refractivity (Wildman–Crippen MR) is 70.3 cm³/mol. The van der Waals surface area contributed by atoms with E-state index in [2.05, 4.69) is 20.4 Å². The number of hydrogen-bond donors (Lipinski definition) is 1. The summed E-state index contributed by atoms with van der Waals surface area (Å²) in [7, 11) is 0. The molecule has 7 heteroatoms. The Morgan fingerprint density at radius 3 is 3.10 bits per heavy atom. The first-order valence-electron chi connectivity index (χ1n) is 6.23. The molecule has 0 aliphatic heterocycles. The molecule has 1 amide bonds. The number of aromatic nitrogens is 4. The van der Waals surface area contributed by atoms with Crippen molar-refractivity contribution in [1.29, 1.82) is 0 Å². The molecule has 0 bridgehead atoms. The Labute approximate surface area is 114 Å². The smallest absolute Gasteiger partial charge is 0.291 e. The summed E-state index contributed by atoms with van der Waals surface area (Å²) in [5, 5.41) is 6.80. The second-order valence-corrected chi connectivity index (χ2v) is 4.32. The molecule has 3 aromatic heterocycles. The van der Waals surface area contributed by atoms with Crippen LogP contribution in [0.1, 0.15) is 22.1 Å². The van der Waals surface area contributed by atoms with Gasteiger partial charge in [-0.2, -0.15) is 4.98 Å². The highest BCUT2D eigenvalue weighted by atomic mass is 16.3. The molecular formula is C13H13N5O2. The van der Waals surface area contributed by atoms with Crippen LogP contribution in [0.3, 0.4) is 0 Å². The van der Waals surface area contributed by atoms with E-state index in [-0.39, 0.29) is 11.7 Å². The van der Waals surface area contributed by atoms with Gasteiger partial charge in [-0.05, 0) is 25.1 Å². The first-order chi connectivity index (χ1) is 9.72. The van der Waals surface area contributed by atoms with E-state index in [0.29, 0.717) is 18.7 Å². The number of nitrogens with one attached hydrogen (secondary N) is 1. The molecule has 1 N–H and O–H groups in total. The minimum absolute atomic E-state index is 0.110. The summed E-state index contributed by atoms with van der Waals surface area (Å²) >= 11 is 0. The summed E-state index contributed by atoms with van der Waals surface area (Å²) in [6.07, 6.45) is 3.92. The Balaban J connectivity index is 1.61. The molecule has 3 aromatic rings. The van der Waals surface area contributed by atoms with Crippen LogP contribution in [-0.4, -0.2) is 32.0 Å². The van der Waals surface area contributed by atoms with Crippen LogP contribution in [-0.2, 0) is 6.42 Å². The highest BCUT2D eigenvalue weighted by molar-refractivity contribution is 5.90. The second kappa shape index (κ2) is 5.12. The fraction of sp³-hybridized carbons (Fsp3) is 0.231. The molecule has 0 saturated heterocycles. The van der Waals surface area contributed by atoms with Crippen LogP contribution < -0.4 is 5.32 Å². The summed E-state index contributed by atoms with van der Waals surface area (Å²) in [5.41, 5.74) is 0. The highest BCUT2D eigenvalue weighted by Crippen LogP contribution is 2.06. The van der Waals surface area contributed by atoms with Crippen LogP contribution in [0.2, 0.25) is 0 Å². The predicted octanol–water partition coefficient (Wildman–Crippen LogP) is 0.998. The van der Waals surface area contributed by atoms with Gasteiger partial charge >= 0.3 is 0 Å². The molecule has 102 valence electrons. The van der Waals surface area contributed by atoms with Crippen molar-refractivity contribution in [2.24, 2.45) is 0 Å². The van der Waals surface area contributed by atoms with E-state index in [1.54, 1.807) is 18.5 Å². The van der Waals surface area contributed by atoms with E-state index in [4.69, 9.17) is 4.42 Å². The molecule has 0 fully saturated rings. The van der Waals surface area contributed by atoms with Crippen LogP contribution in [0.5, 0.6) is 0 Å². The van der Waals surface area contributed by atoms with Crippen molar-refractivity contribution in [2.75, 3.05) is 6.54 Å². The molecule has 0 aromatic carbocycles. The van der Waals surface area contributed by atoms with Gasteiger partial charge in [0.25, 0.3) is 11.7 Å². The molecule has 3 rings (SSSR count). The molecule has 0 radical (unpaired) electrons. The molecule has 3 heterocycles. The average Bonchev–Trinajstić information content (AvgIpc) is 3.04. The normalized spacial score (nSPS) is 10.8. The minimum atomic E-state index is -0.321. The fourth-order valence-corrected chi connectivity index (χ4v) is 1.83. The van der Waals surface area contributed by atoms with E-state index >= 15 is 0 Å². The quantitative estimate of drug-likeness (QED) is 0.765. The van der Waals surface area contributed by atoms with Crippen molar-refractivity contribution in [3.8, 4) is 0 Å². The Morgan fingerprint density at radius 1 is 1.45 bits per heavy atom. The maximum Gasteiger partial charge on any atom is 0.291 e. The van der Waals surface area contributed by atoms with E-state index in [1.165, 1.54) is 4.52 Å². The summed E-state index contributed by atoms with van der Waals surface area (Å²) in [6, 6.07) is 5.52. The summed E-state index contributed by atoms with van der Waals surface area (Å²) < 4.78 is 6.89. The molecule has 0 atom stereocenters. The Kier molecular flexibility index (Phi) is 3.16. The summed E-state index contributed by atoms with van der Waals surface area (Å²) in [4.78, 5) is 20.0. The van der Waals surface area contributed by atoms with Crippen LogP contribution in [0, 0.1) is 6.92 Å². The zero-order valence-corrected chi connectivity index (χ0v) is 10.9. The van der Waals surface area contributed by atoms with Gasteiger partial charge in [0.1, 0.15) is 11.5 Å². The second-order valence-electron chi connectivity index (χ2n) is 4.32. The van der Waals surface area contributed by atoms with E-state index in [9.17, 15) is 4.79 Å². The molecule has 0 aliphatic rings. The van der Waals surface area contributed by atoms with Crippen molar-refractivity contribution < 1.29 is 9.21 Å². The van der Waals surface area contributed by atoms with Gasteiger partial charge in [-0.1, -0.05) is 0 Å².